The number of amides is 4. The Morgan fingerprint density at radius 1 is 1.00 bits per heavy atom. The smallest absolute Gasteiger partial charge is 0.325 e. The first-order chi connectivity index (χ1) is 15.3. The monoisotopic (exact) mass is 428 g/mol. The molecular weight excluding hydrogens is 404 g/mol. The lowest BCUT2D eigenvalue weighted by Gasteiger charge is -2.12. The third-order valence-electron chi connectivity index (χ3n) is 5.25. The third kappa shape index (κ3) is 4.32. The predicted octanol–water partition coefficient (Wildman–Crippen LogP) is 3.93. The number of imide groups is 1. The zero-order valence-electron chi connectivity index (χ0n) is 18.2. The SMILES string of the molecule is Cc1cccc(NC(=O)CN2C(=O)N/C(=C\c3cccn3-c3ccc(C)cc3C)C2=O)c1. The van der Waals surface area contributed by atoms with Gasteiger partial charge in [0.2, 0.25) is 5.91 Å². The molecular formula is C25H24N4O3. The first-order valence-electron chi connectivity index (χ1n) is 10.3. The van der Waals surface area contributed by atoms with Crippen LogP contribution in [0.4, 0.5) is 10.5 Å². The van der Waals surface area contributed by atoms with Gasteiger partial charge in [-0.3, -0.25) is 9.59 Å². The van der Waals surface area contributed by atoms with Crippen LogP contribution in [0.2, 0.25) is 0 Å². The van der Waals surface area contributed by atoms with Crippen molar-refractivity contribution in [1.29, 1.82) is 0 Å². The van der Waals surface area contributed by atoms with Gasteiger partial charge in [-0.2, -0.15) is 0 Å². The van der Waals surface area contributed by atoms with Gasteiger partial charge in [0.15, 0.2) is 0 Å². The van der Waals surface area contributed by atoms with Crippen molar-refractivity contribution < 1.29 is 14.4 Å². The summed E-state index contributed by atoms with van der Waals surface area (Å²) in [5.74, 6) is -0.984. The fourth-order valence-corrected chi connectivity index (χ4v) is 3.74. The number of carbonyl (C=O) groups is 3. The van der Waals surface area contributed by atoms with Crippen LogP contribution in [0.5, 0.6) is 0 Å². The van der Waals surface area contributed by atoms with Crippen LogP contribution in [0.15, 0.2) is 66.5 Å². The predicted molar refractivity (Wildman–Crippen MR) is 123 cm³/mol. The fourth-order valence-electron chi connectivity index (χ4n) is 3.74. The molecule has 0 spiro atoms. The van der Waals surface area contributed by atoms with Gasteiger partial charge in [0.25, 0.3) is 5.91 Å². The Kier molecular flexibility index (Phi) is 5.64. The van der Waals surface area contributed by atoms with E-state index >= 15 is 0 Å². The highest BCUT2D eigenvalue weighted by Gasteiger charge is 2.35. The van der Waals surface area contributed by atoms with Gasteiger partial charge in [-0.15, -0.1) is 0 Å². The third-order valence-corrected chi connectivity index (χ3v) is 5.25. The van der Waals surface area contributed by atoms with Crippen LogP contribution < -0.4 is 10.6 Å². The summed E-state index contributed by atoms with van der Waals surface area (Å²) in [6.45, 7) is 5.61. The molecule has 0 radical (unpaired) electrons. The second-order valence-corrected chi connectivity index (χ2v) is 7.89. The van der Waals surface area contributed by atoms with Crippen molar-refractivity contribution in [1.82, 2.24) is 14.8 Å². The molecule has 1 aromatic heterocycles. The van der Waals surface area contributed by atoms with Crippen LogP contribution in [0.3, 0.4) is 0 Å². The molecule has 0 saturated carbocycles. The maximum absolute atomic E-state index is 12.8. The van der Waals surface area contributed by atoms with Gasteiger partial charge < -0.3 is 15.2 Å². The number of nitrogens with one attached hydrogen (secondary N) is 2. The van der Waals surface area contributed by atoms with Crippen LogP contribution in [-0.2, 0) is 9.59 Å². The summed E-state index contributed by atoms with van der Waals surface area (Å²) in [7, 11) is 0. The summed E-state index contributed by atoms with van der Waals surface area (Å²) < 4.78 is 1.95. The number of hydrogen-bond donors (Lipinski definition) is 2. The van der Waals surface area contributed by atoms with Crippen LogP contribution in [-0.4, -0.2) is 33.9 Å². The van der Waals surface area contributed by atoms with E-state index in [-0.39, 0.29) is 12.2 Å². The summed E-state index contributed by atoms with van der Waals surface area (Å²) >= 11 is 0. The number of aromatic nitrogens is 1. The number of benzene rings is 2. The van der Waals surface area contributed by atoms with Gasteiger partial charge in [-0.05, 0) is 68.3 Å². The maximum atomic E-state index is 12.8. The van der Waals surface area contributed by atoms with Crippen molar-refractivity contribution in [2.45, 2.75) is 20.8 Å². The van der Waals surface area contributed by atoms with Crippen molar-refractivity contribution in [2.75, 3.05) is 11.9 Å². The van der Waals surface area contributed by atoms with Crippen molar-refractivity contribution in [2.24, 2.45) is 0 Å². The second kappa shape index (κ2) is 8.55. The molecule has 1 aliphatic heterocycles. The molecule has 162 valence electrons. The number of nitrogens with zero attached hydrogens (tertiary/aromatic N) is 2. The van der Waals surface area contributed by atoms with Crippen molar-refractivity contribution in [3.05, 3.63) is 88.9 Å². The molecule has 1 aliphatic rings. The van der Waals surface area contributed by atoms with E-state index in [2.05, 4.69) is 16.7 Å². The van der Waals surface area contributed by atoms with Crippen LogP contribution >= 0.6 is 0 Å². The molecule has 0 unspecified atom stereocenters. The maximum Gasteiger partial charge on any atom is 0.329 e. The van der Waals surface area contributed by atoms with Gasteiger partial charge in [0.1, 0.15) is 12.2 Å². The number of aryl methyl sites for hydroxylation is 3. The van der Waals surface area contributed by atoms with Gasteiger partial charge in [0.05, 0.1) is 0 Å². The molecule has 1 fully saturated rings. The normalized spacial score (nSPS) is 14.7. The number of rotatable bonds is 5. The lowest BCUT2D eigenvalue weighted by Crippen LogP contribution is -2.38. The van der Waals surface area contributed by atoms with Gasteiger partial charge in [-0.25, -0.2) is 9.69 Å². The Labute approximate surface area is 186 Å². The highest BCUT2D eigenvalue weighted by Crippen LogP contribution is 2.21. The lowest BCUT2D eigenvalue weighted by atomic mass is 10.1. The number of urea groups is 1. The van der Waals surface area contributed by atoms with Crippen molar-refractivity contribution in [3.63, 3.8) is 0 Å². The molecule has 32 heavy (non-hydrogen) atoms. The largest absolute Gasteiger partial charge is 0.329 e. The molecule has 0 atom stereocenters. The highest BCUT2D eigenvalue weighted by atomic mass is 16.2. The Hall–Kier alpha value is -4.13. The molecule has 7 nitrogen and oxygen atoms in total. The molecule has 3 aromatic rings. The minimum absolute atomic E-state index is 0.128. The van der Waals surface area contributed by atoms with E-state index in [1.54, 1.807) is 12.1 Å². The van der Waals surface area contributed by atoms with Gasteiger partial charge >= 0.3 is 6.03 Å². The Morgan fingerprint density at radius 2 is 1.78 bits per heavy atom. The average molecular weight is 428 g/mol. The molecule has 1 saturated heterocycles. The molecule has 4 rings (SSSR count). The number of carbonyl (C=O) groups excluding carboxylic acids is 3. The van der Waals surface area contributed by atoms with E-state index in [9.17, 15) is 14.4 Å². The van der Waals surface area contributed by atoms with Crippen LogP contribution in [0.25, 0.3) is 11.8 Å². The van der Waals surface area contributed by atoms with E-state index in [0.717, 1.165) is 33.0 Å². The lowest BCUT2D eigenvalue weighted by molar-refractivity contribution is -0.127. The highest BCUT2D eigenvalue weighted by molar-refractivity contribution is 6.15. The van der Waals surface area contributed by atoms with E-state index in [4.69, 9.17) is 0 Å². The number of anilines is 1. The quantitative estimate of drug-likeness (QED) is 0.477. The van der Waals surface area contributed by atoms with E-state index < -0.39 is 17.8 Å². The van der Waals surface area contributed by atoms with Gasteiger partial charge in [-0.1, -0.05) is 29.8 Å². The second-order valence-electron chi connectivity index (χ2n) is 7.89. The van der Waals surface area contributed by atoms with Crippen molar-refractivity contribution in [3.8, 4) is 5.69 Å². The topological polar surface area (TPSA) is 83.4 Å². The molecule has 0 bridgehead atoms. The Balaban J connectivity index is 1.52. The van der Waals surface area contributed by atoms with E-state index in [1.165, 1.54) is 0 Å². The van der Waals surface area contributed by atoms with Crippen molar-refractivity contribution >= 4 is 29.6 Å². The minimum Gasteiger partial charge on any atom is -0.325 e. The van der Waals surface area contributed by atoms with Crippen LogP contribution in [0, 0.1) is 20.8 Å². The molecule has 2 aromatic carbocycles. The first kappa shape index (κ1) is 21.1. The first-order valence-corrected chi connectivity index (χ1v) is 10.3. The minimum atomic E-state index is -0.620. The summed E-state index contributed by atoms with van der Waals surface area (Å²) in [4.78, 5) is 38.5. The molecule has 7 heteroatoms. The van der Waals surface area contributed by atoms with Crippen LogP contribution in [0.1, 0.15) is 22.4 Å². The number of hydrogen-bond acceptors (Lipinski definition) is 3. The summed E-state index contributed by atoms with van der Waals surface area (Å²) in [6.07, 6.45) is 3.52. The fraction of sp³-hybridized carbons (Fsp3) is 0.160. The average Bonchev–Trinajstić information content (AvgIpc) is 3.28. The molecule has 2 N–H and O–H groups in total. The summed E-state index contributed by atoms with van der Waals surface area (Å²) in [5, 5.41) is 5.29. The Morgan fingerprint density at radius 3 is 2.53 bits per heavy atom. The standard InChI is InChI=1S/C25H24N4O3/c1-16-6-4-7-19(13-16)26-23(30)15-29-24(31)21(27-25(29)32)14-20-8-5-11-28(20)22-10-9-17(2)12-18(22)3/h4-14H,15H2,1-3H3,(H,26,30)(H,27,32)/b21-14-. The Bertz CT molecular complexity index is 1260. The zero-order valence-corrected chi connectivity index (χ0v) is 18.2. The zero-order chi connectivity index (χ0) is 22.8. The van der Waals surface area contributed by atoms with E-state index in [0.29, 0.717) is 5.69 Å². The summed E-state index contributed by atoms with van der Waals surface area (Å²) in [6, 6.07) is 16.6. The van der Waals surface area contributed by atoms with Gasteiger partial charge in [0, 0.05) is 23.3 Å². The summed E-state index contributed by atoms with van der Waals surface area (Å²) in [5.41, 5.74) is 5.72. The molecule has 0 aliphatic carbocycles. The van der Waals surface area contributed by atoms with E-state index in [1.807, 2.05) is 74.0 Å². The molecule has 2 heterocycles. The molecule has 4 amide bonds.